The average molecular weight is 311 g/mol. The van der Waals surface area contributed by atoms with Crippen LogP contribution < -0.4 is 5.32 Å². The Balaban J connectivity index is 2.20. The van der Waals surface area contributed by atoms with Crippen molar-refractivity contribution in [2.75, 3.05) is 19.0 Å². The van der Waals surface area contributed by atoms with Gasteiger partial charge in [0.1, 0.15) is 12.1 Å². The second kappa shape index (κ2) is 8.08. The highest BCUT2D eigenvalue weighted by molar-refractivity contribution is 5.91. The third kappa shape index (κ3) is 4.16. The quantitative estimate of drug-likeness (QED) is 0.818. The molecule has 0 radical (unpaired) electrons. The van der Waals surface area contributed by atoms with Crippen LogP contribution in [0, 0.1) is 0 Å². The SMILES string of the molecule is C=Cc1c(CC2=CC=CC(C(=O)OC)=CC2)ncnc1NCC. The number of hydrogen-bond acceptors (Lipinski definition) is 5. The number of nitrogens with one attached hydrogen (secondary N) is 1. The van der Waals surface area contributed by atoms with Gasteiger partial charge in [-0.05, 0) is 19.4 Å². The number of carbonyl (C=O) groups is 1. The average Bonchev–Trinajstić information content (AvgIpc) is 2.80. The number of hydrogen-bond donors (Lipinski definition) is 1. The highest BCUT2D eigenvalue weighted by atomic mass is 16.5. The number of esters is 1. The lowest BCUT2D eigenvalue weighted by atomic mass is 10.0. The molecule has 0 atom stereocenters. The summed E-state index contributed by atoms with van der Waals surface area (Å²) in [6.45, 7) is 6.67. The monoisotopic (exact) mass is 311 g/mol. The van der Waals surface area contributed by atoms with Crippen LogP contribution in [-0.2, 0) is 16.0 Å². The first-order valence-electron chi connectivity index (χ1n) is 7.54. The molecule has 0 spiro atoms. The van der Waals surface area contributed by atoms with Gasteiger partial charge in [-0.2, -0.15) is 0 Å². The van der Waals surface area contributed by atoms with Gasteiger partial charge >= 0.3 is 5.97 Å². The van der Waals surface area contributed by atoms with Gasteiger partial charge in [0.15, 0.2) is 0 Å². The van der Waals surface area contributed by atoms with E-state index >= 15 is 0 Å². The number of nitrogens with zero attached hydrogens (tertiary/aromatic N) is 2. The Bertz CT molecular complexity index is 688. The predicted octanol–water partition coefficient (Wildman–Crippen LogP) is 3.08. The number of ether oxygens (including phenoxy) is 1. The molecule has 2 rings (SSSR count). The first kappa shape index (κ1) is 16.7. The zero-order valence-electron chi connectivity index (χ0n) is 13.5. The van der Waals surface area contributed by atoms with Crippen LogP contribution in [0.15, 0.2) is 48.4 Å². The molecule has 23 heavy (non-hydrogen) atoms. The van der Waals surface area contributed by atoms with E-state index < -0.39 is 0 Å². The summed E-state index contributed by atoms with van der Waals surface area (Å²) in [5, 5.41) is 3.22. The van der Waals surface area contributed by atoms with Crippen LogP contribution in [0.25, 0.3) is 6.08 Å². The minimum Gasteiger partial charge on any atom is -0.465 e. The summed E-state index contributed by atoms with van der Waals surface area (Å²) in [6.07, 6.45) is 12.2. The summed E-state index contributed by atoms with van der Waals surface area (Å²) < 4.78 is 4.75. The number of allylic oxidation sites excluding steroid dienone is 4. The molecule has 5 nitrogen and oxygen atoms in total. The van der Waals surface area contributed by atoms with Gasteiger partial charge in [-0.25, -0.2) is 14.8 Å². The van der Waals surface area contributed by atoms with Gasteiger partial charge in [0.25, 0.3) is 0 Å². The summed E-state index contributed by atoms with van der Waals surface area (Å²) in [7, 11) is 1.38. The molecule has 1 N–H and O–H groups in total. The van der Waals surface area contributed by atoms with Gasteiger partial charge in [-0.15, -0.1) is 0 Å². The summed E-state index contributed by atoms with van der Waals surface area (Å²) in [6, 6.07) is 0. The van der Waals surface area contributed by atoms with Gasteiger partial charge in [0.05, 0.1) is 18.4 Å². The maximum Gasteiger partial charge on any atom is 0.337 e. The first-order valence-corrected chi connectivity index (χ1v) is 7.54. The zero-order valence-corrected chi connectivity index (χ0v) is 13.5. The summed E-state index contributed by atoms with van der Waals surface area (Å²) in [5.41, 5.74) is 3.56. The van der Waals surface area contributed by atoms with E-state index in [0.29, 0.717) is 18.4 Å². The van der Waals surface area contributed by atoms with Crippen molar-refractivity contribution in [3.63, 3.8) is 0 Å². The topological polar surface area (TPSA) is 64.1 Å². The van der Waals surface area contributed by atoms with Crippen LogP contribution >= 0.6 is 0 Å². The number of methoxy groups -OCH3 is 1. The van der Waals surface area contributed by atoms with Crippen molar-refractivity contribution in [1.82, 2.24) is 9.97 Å². The van der Waals surface area contributed by atoms with Crippen LogP contribution in [0.2, 0.25) is 0 Å². The van der Waals surface area contributed by atoms with Crippen molar-refractivity contribution in [3.05, 3.63) is 59.6 Å². The van der Waals surface area contributed by atoms with Gasteiger partial charge in [-0.1, -0.05) is 36.5 Å². The van der Waals surface area contributed by atoms with E-state index in [2.05, 4.69) is 21.9 Å². The van der Waals surface area contributed by atoms with E-state index in [1.54, 1.807) is 18.5 Å². The lowest BCUT2D eigenvalue weighted by molar-refractivity contribution is -0.135. The van der Waals surface area contributed by atoms with Crippen LogP contribution in [0.5, 0.6) is 0 Å². The molecule has 0 unspecified atom stereocenters. The van der Waals surface area contributed by atoms with E-state index in [4.69, 9.17) is 4.74 Å². The maximum atomic E-state index is 11.6. The van der Waals surface area contributed by atoms with Gasteiger partial charge in [0.2, 0.25) is 0 Å². The summed E-state index contributed by atoms with van der Waals surface area (Å²) in [4.78, 5) is 20.2. The number of aromatic nitrogens is 2. The molecule has 0 fully saturated rings. The molecule has 1 aromatic rings. The zero-order chi connectivity index (χ0) is 16.7. The second-order valence-electron chi connectivity index (χ2n) is 5.03. The van der Waals surface area contributed by atoms with Crippen molar-refractivity contribution in [1.29, 1.82) is 0 Å². The summed E-state index contributed by atoms with van der Waals surface area (Å²) >= 11 is 0. The molecular weight excluding hydrogens is 290 g/mol. The molecule has 0 saturated carbocycles. The molecule has 1 aliphatic carbocycles. The Morgan fingerprint density at radius 3 is 3.00 bits per heavy atom. The number of rotatable bonds is 6. The van der Waals surface area contributed by atoms with Crippen molar-refractivity contribution in [2.24, 2.45) is 0 Å². The Labute approximate surface area is 136 Å². The number of anilines is 1. The minimum atomic E-state index is -0.320. The van der Waals surface area contributed by atoms with Gasteiger partial charge in [0, 0.05) is 18.5 Å². The molecule has 1 heterocycles. The standard InChI is InChI=1S/C18H21N3O2/c1-4-15-16(20-12-21-17(15)19-5-2)11-13-7-6-8-14(10-9-13)18(22)23-3/h4,6-8,10,12H,1,5,9,11H2,2-3H3,(H,19,20,21). The van der Waals surface area contributed by atoms with Gasteiger partial charge < -0.3 is 10.1 Å². The van der Waals surface area contributed by atoms with Crippen LogP contribution in [0.1, 0.15) is 24.6 Å². The van der Waals surface area contributed by atoms with Crippen LogP contribution in [-0.4, -0.2) is 29.6 Å². The molecule has 1 aliphatic rings. The Morgan fingerprint density at radius 1 is 1.48 bits per heavy atom. The largest absolute Gasteiger partial charge is 0.465 e. The molecule has 0 aromatic carbocycles. The van der Waals surface area contributed by atoms with E-state index in [9.17, 15) is 4.79 Å². The summed E-state index contributed by atoms with van der Waals surface area (Å²) in [5.74, 6) is 0.474. The van der Waals surface area contributed by atoms with Crippen molar-refractivity contribution in [2.45, 2.75) is 19.8 Å². The van der Waals surface area contributed by atoms with Crippen molar-refractivity contribution >= 4 is 17.9 Å². The molecule has 5 heteroatoms. The van der Waals surface area contributed by atoms with Crippen LogP contribution in [0.3, 0.4) is 0 Å². The molecule has 0 amide bonds. The van der Waals surface area contributed by atoms with Crippen molar-refractivity contribution < 1.29 is 9.53 Å². The fraction of sp³-hybridized carbons (Fsp3) is 0.278. The second-order valence-corrected chi connectivity index (χ2v) is 5.03. The highest BCUT2D eigenvalue weighted by Gasteiger charge is 2.12. The Hall–Kier alpha value is -2.69. The maximum absolute atomic E-state index is 11.6. The third-order valence-corrected chi connectivity index (χ3v) is 3.52. The first-order chi connectivity index (χ1) is 11.2. The molecule has 0 aliphatic heterocycles. The normalized spacial score (nSPS) is 13.7. The van der Waals surface area contributed by atoms with E-state index in [1.807, 2.05) is 25.2 Å². The van der Waals surface area contributed by atoms with E-state index in [-0.39, 0.29) is 5.97 Å². The van der Waals surface area contributed by atoms with E-state index in [1.165, 1.54) is 7.11 Å². The third-order valence-electron chi connectivity index (χ3n) is 3.52. The fourth-order valence-corrected chi connectivity index (χ4v) is 2.38. The lowest BCUT2D eigenvalue weighted by Gasteiger charge is -2.11. The van der Waals surface area contributed by atoms with Gasteiger partial charge in [-0.3, -0.25) is 0 Å². The lowest BCUT2D eigenvalue weighted by Crippen LogP contribution is -2.06. The smallest absolute Gasteiger partial charge is 0.337 e. The fourth-order valence-electron chi connectivity index (χ4n) is 2.38. The minimum absolute atomic E-state index is 0.320. The van der Waals surface area contributed by atoms with Crippen LogP contribution in [0.4, 0.5) is 5.82 Å². The van der Waals surface area contributed by atoms with E-state index in [0.717, 1.165) is 29.2 Å². The highest BCUT2D eigenvalue weighted by Crippen LogP contribution is 2.22. The molecular formula is C18H21N3O2. The predicted molar refractivity (Wildman–Crippen MR) is 91.9 cm³/mol. The molecule has 1 aromatic heterocycles. The van der Waals surface area contributed by atoms with Crippen molar-refractivity contribution in [3.8, 4) is 0 Å². The molecule has 0 saturated heterocycles. The Kier molecular flexibility index (Phi) is 5.86. The molecule has 120 valence electrons. The Morgan fingerprint density at radius 2 is 2.30 bits per heavy atom. The number of carbonyl (C=O) groups excluding carboxylic acids is 1. The molecule has 0 bridgehead atoms.